The Morgan fingerprint density at radius 1 is 1.10 bits per heavy atom. The minimum absolute atomic E-state index is 0.108. The van der Waals surface area contributed by atoms with E-state index in [2.05, 4.69) is 74.5 Å². The summed E-state index contributed by atoms with van der Waals surface area (Å²) in [6, 6.07) is 14.7. The number of amides is 1. The number of fused-ring (bicyclic) bond motifs is 2. The van der Waals surface area contributed by atoms with Crippen LogP contribution in [-0.2, 0) is 18.3 Å². The van der Waals surface area contributed by atoms with Crippen LogP contribution in [0.1, 0.15) is 69.2 Å². The number of rotatable bonds is 10. The number of aryl methyl sites for hydroxylation is 3. The second-order valence-corrected chi connectivity index (χ2v) is 11.1. The molecule has 1 fully saturated rings. The predicted octanol–water partition coefficient (Wildman–Crippen LogP) is 3.84. The van der Waals surface area contributed by atoms with E-state index in [1.54, 1.807) is 14.0 Å². The highest BCUT2D eigenvalue weighted by molar-refractivity contribution is 5.94. The second-order valence-electron chi connectivity index (χ2n) is 11.1. The Hall–Kier alpha value is -4.42. The summed E-state index contributed by atoms with van der Waals surface area (Å²) in [5.74, 6) is 0.906. The minimum Gasteiger partial charge on any atom is -0.424 e. The van der Waals surface area contributed by atoms with Crippen LogP contribution < -0.4 is 16.0 Å². The summed E-state index contributed by atoms with van der Waals surface area (Å²) in [6.07, 6.45) is 4.06. The molecule has 1 amide bonds. The van der Waals surface area contributed by atoms with E-state index in [4.69, 9.17) is 4.42 Å². The van der Waals surface area contributed by atoms with Gasteiger partial charge in [-0.05, 0) is 84.7 Å². The van der Waals surface area contributed by atoms with Gasteiger partial charge in [-0.3, -0.25) is 4.79 Å². The van der Waals surface area contributed by atoms with Crippen molar-refractivity contribution < 1.29 is 9.21 Å². The molecule has 0 radical (unpaired) electrons. The Labute approximate surface area is 247 Å². The average molecular weight is 566 g/mol. The maximum Gasteiger partial charge on any atom is 0.251 e. The van der Waals surface area contributed by atoms with E-state index in [1.165, 1.54) is 5.56 Å². The summed E-state index contributed by atoms with van der Waals surface area (Å²) in [4.78, 5) is 14.7. The van der Waals surface area contributed by atoms with Crippen LogP contribution in [0, 0.1) is 18.3 Å². The Bertz CT molecular complexity index is 1480. The van der Waals surface area contributed by atoms with Crippen LogP contribution in [0.25, 0.3) is 5.70 Å². The normalized spacial score (nSPS) is 19.3. The third-order valence-corrected chi connectivity index (χ3v) is 8.64. The smallest absolute Gasteiger partial charge is 0.251 e. The van der Waals surface area contributed by atoms with Gasteiger partial charge in [-0.25, -0.2) is 0 Å². The number of likely N-dealkylation sites (tertiary alicyclic amines) is 1. The van der Waals surface area contributed by atoms with Crippen LogP contribution in [0.5, 0.6) is 0 Å². The highest BCUT2D eigenvalue weighted by atomic mass is 16.4. The van der Waals surface area contributed by atoms with Gasteiger partial charge in [-0.15, -0.1) is 10.2 Å². The summed E-state index contributed by atoms with van der Waals surface area (Å²) in [6.45, 7) is 12.3. The molecule has 9 heteroatoms. The number of benzene rings is 2. The third kappa shape index (κ3) is 5.30. The minimum atomic E-state index is -0.750. The molecule has 2 unspecified atom stereocenters. The van der Waals surface area contributed by atoms with Crippen LogP contribution in [0.15, 0.2) is 59.7 Å². The number of nitrogens with zero attached hydrogens (tertiary/aromatic N) is 4. The van der Waals surface area contributed by atoms with Gasteiger partial charge in [0.15, 0.2) is 0 Å². The van der Waals surface area contributed by atoms with Gasteiger partial charge >= 0.3 is 0 Å². The molecule has 5 rings (SSSR count). The Kier molecular flexibility index (Phi) is 8.46. The number of carbonyl (C=O) groups is 1. The van der Waals surface area contributed by atoms with E-state index in [0.717, 1.165) is 65.9 Å². The van der Waals surface area contributed by atoms with Crippen molar-refractivity contribution >= 4 is 11.6 Å². The highest BCUT2D eigenvalue weighted by Gasteiger charge is 2.45. The molecule has 3 N–H and O–H groups in total. The molecule has 1 aromatic heterocycles. The van der Waals surface area contributed by atoms with Gasteiger partial charge in [0.1, 0.15) is 11.5 Å². The standard InChI is InChI=1S/C33H39N7O2/c1-21(40-16-6-7-28(40)19-34)20-37-15-14-33(32-39-38-23(3)42-32)29-12-10-24(22(2)35-4)17-25(29)8-9-26-18-27(31(41)36-5)11-13-30(26)33/h10-13,17-18,28,35,37H,1-2,6-9,14-16,20H2,3-5H3,(H,36,41). The summed E-state index contributed by atoms with van der Waals surface area (Å²) in [5, 5.41) is 27.9. The first-order valence-electron chi connectivity index (χ1n) is 14.5. The van der Waals surface area contributed by atoms with Crippen LogP contribution in [0.4, 0.5) is 0 Å². The van der Waals surface area contributed by atoms with Crippen LogP contribution in [0.2, 0.25) is 0 Å². The van der Waals surface area contributed by atoms with E-state index in [0.29, 0.717) is 36.9 Å². The molecular formula is C33H39N7O2. The number of carbonyl (C=O) groups excluding carboxylic acids is 1. The van der Waals surface area contributed by atoms with Crippen molar-refractivity contribution in [3.63, 3.8) is 0 Å². The first-order valence-corrected chi connectivity index (χ1v) is 14.5. The van der Waals surface area contributed by atoms with Crippen molar-refractivity contribution in [2.75, 3.05) is 33.7 Å². The molecule has 2 aliphatic rings. The first kappa shape index (κ1) is 29.1. The number of nitrogens with one attached hydrogen (secondary N) is 3. The molecular weight excluding hydrogens is 526 g/mol. The van der Waals surface area contributed by atoms with Gasteiger partial charge in [0.2, 0.25) is 11.8 Å². The molecule has 0 saturated carbocycles. The number of aromatic nitrogens is 2. The number of hydrogen-bond acceptors (Lipinski definition) is 8. The topological polar surface area (TPSA) is 119 Å². The fourth-order valence-corrected chi connectivity index (χ4v) is 6.43. The van der Waals surface area contributed by atoms with Gasteiger partial charge in [-0.1, -0.05) is 31.4 Å². The van der Waals surface area contributed by atoms with Gasteiger partial charge in [0.05, 0.1) is 6.07 Å². The molecule has 2 heterocycles. The fourth-order valence-electron chi connectivity index (χ4n) is 6.43. The number of nitriles is 1. The lowest BCUT2D eigenvalue weighted by atomic mass is 9.69. The van der Waals surface area contributed by atoms with E-state index in [1.807, 2.05) is 19.2 Å². The fraction of sp³-hybridized carbons (Fsp3) is 0.394. The van der Waals surface area contributed by atoms with Crippen molar-refractivity contribution in [1.29, 1.82) is 5.26 Å². The molecule has 42 heavy (non-hydrogen) atoms. The van der Waals surface area contributed by atoms with Gasteiger partial charge in [-0.2, -0.15) is 5.26 Å². The van der Waals surface area contributed by atoms with Gasteiger partial charge < -0.3 is 25.3 Å². The van der Waals surface area contributed by atoms with Gasteiger partial charge in [0, 0.05) is 51.1 Å². The lowest BCUT2D eigenvalue weighted by molar-refractivity contribution is 0.0963. The molecule has 1 aliphatic carbocycles. The maximum absolute atomic E-state index is 12.6. The molecule has 2 atom stereocenters. The Morgan fingerprint density at radius 3 is 2.40 bits per heavy atom. The lowest BCUT2D eigenvalue weighted by Gasteiger charge is -2.34. The van der Waals surface area contributed by atoms with Crippen LogP contribution in [-0.4, -0.2) is 60.8 Å². The SMILES string of the molecule is C=C(NC)c1ccc2c(c1)CCc1cc(C(=O)NC)ccc1C2(CCNCC(=C)N1CCCC1C#N)c1nnc(C)o1. The van der Waals surface area contributed by atoms with E-state index in [9.17, 15) is 10.1 Å². The van der Waals surface area contributed by atoms with Crippen LogP contribution in [0.3, 0.4) is 0 Å². The van der Waals surface area contributed by atoms with Crippen LogP contribution >= 0.6 is 0 Å². The second kappa shape index (κ2) is 12.2. The third-order valence-electron chi connectivity index (χ3n) is 8.64. The quantitative estimate of drug-likeness (QED) is 0.317. The van der Waals surface area contributed by atoms with E-state index in [-0.39, 0.29) is 11.9 Å². The molecule has 0 bridgehead atoms. The zero-order chi connectivity index (χ0) is 29.9. The zero-order valence-corrected chi connectivity index (χ0v) is 24.7. The molecule has 9 nitrogen and oxygen atoms in total. The Morgan fingerprint density at radius 2 is 1.79 bits per heavy atom. The molecule has 0 spiro atoms. The molecule has 3 aromatic rings. The molecule has 1 aliphatic heterocycles. The summed E-state index contributed by atoms with van der Waals surface area (Å²) in [5.41, 5.74) is 7.08. The largest absolute Gasteiger partial charge is 0.424 e. The first-order chi connectivity index (χ1) is 20.3. The molecule has 2 aromatic carbocycles. The lowest BCUT2D eigenvalue weighted by Crippen LogP contribution is -2.37. The maximum atomic E-state index is 12.6. The van der Waals surface area contributed by atoms with E-state index < -0.39 is 5.41 Å². The van der Waals surface area contributed by atoms with E-state index >= 15 is 0 Å². The zero-order valence-electron chi connectivity index (χ0n) is 24.7. The Balaban J connectivity index is 1.58. The molecule has 218 valence electrons. The van der Waals surface area contributed by atoms with Crippen molar-refractivity contribution in [2.24, 2.45) is 0 Å². The monoisotopic (exact) mass is 565 g/mol. The highest BCUT2D eigenvalue weighted by Crippen LogP contribution is 2.47. The summed E-state index contributed by atoms with van der Waals surface area (Å²) >= 11 is 0. The summed E-state index contributed by atoms with van der Waals surface area (Å²) < 4.78 is 6.26. The summed E-state index contributed by atoms with van der Waals surface area (Å²) in [7, 11) is 3.52. The van der Waals surface area contributed by atoms with Crippen molar-refractivity contribution in [3.8, 4) is 6.07 Å². The predicted molar refractivity (Wildman–Crippen MR) is 163 cm³/mol. The van der Waals surface area contributed by atoms with Gasteiger partial charge in [0.25, 0.3) is 5.91 Å². The van der Waals surface area contributed by atoms with Crippen molar-refractivity contribution in [3.05, 3.63) is 100 Å². The number of hydrogen-bond donors (Lipinski definition) is 3. The van der Waals surface area contributed by atoms with Crippen molar-refractivity contribution in [1.82, 2.24) is 31.0 Å². The molecule has 1 saturated heterocycles. The van der Waals surface area contributed by atoms with Crippen molar-refractivity contribution in [2.45, 2.75) is 50.5 Å². The average Bonchev–Trinajstić information content (AvgIpc) is 3.66.